The molecule has 1 aliphatic heterocycles. The third kappa shape index (κ3) is 1.13. The average Bonchev–Trinajstić information content (AvgIpc) is 2.59. The molecule has 2 N–H and O–H groups in total. The van der Waals surface area contributed by atoms with Gasteiger partial charge >= 0.3 is 0 Å². The average molecular weight is 192 g/mol. The van der Waals surface area contributed by atoms with Crippen LogP contribution >= 0.6 is 0 Å². The van der Waals surface area contributed by atoms with Crippen molar-refractivity contribution in [1.82, 2.24) is 14.8 Å². The monoisotopic (exact) mass is 192 g/mol. The predicted molar refractivity (Wildman–Crippen MR) is 53.8 cm³/mol. The molecule has 0 spiro atoms. The van der Waals surface area contributed by atoms with E-state index in [0.717, 1.165) is 18.3 Å². The van der Waals surface area contributed by atoms with Crippen LogP contribution in [0.3, 0.4) is 0 Å². The first kappa shape index (κ1) is 8.26. The van der Waals surface area contributed by atoms with E-state index in [-0.39, 0.29) is 0 Å². The van der Waals surface area contributed by atoms with Gasteiger partial charge in [-0.1, -0.05) is 12.8 Å². The highest BCUT2D eigenvalue weighted by atomic mass is 15.4. The van der Waals surface area contributed by atoms with Gasteiger partial charge in [0.05, 0.1) is 0 Å². The van der Waals surface area contributed by atoms with Gasteiger partial charge in [0, 0.05) is 12.5 Å². The molecule has 76 valence electrons. The van der Waals surface area contributed by atoms with E-state index < -0.39 is 0 Å². The molecule has 1 aromatic rings. The number of hydrogen-bond donors (Lipinski definition) is 1. The van der Waals surface area contributed by atoms with Gasteiger partial charge in [0.2, 0.25) is 5.95 Å². The van der Waals surface area contributed by atoms with Crippen LogP contribution in [0.25, 0.3) is 0 Å². The molecule has 2 aliphatic rings. The van der Waals surface area contributed by atoms with Crippen LogP contribution < -0.4 is 5.73 Å². The summed E-state index contributed by atoms with van der Waals surface area (Å²) in [6.07, 6.45) is 6.65. The predicted octanol–water partition coefficient (Wildman–Crippen LogP) is 1.54. The quantitative estimate of drug-likeness (QED) is 0.678. The van der Waals surface area contributed by atoms with Crippen LogP contribution in [0.2, 0.25) is 0 Å². The topological polar surface area (TPSA) is 56.7 Å². The summed E-state index contributed by atoms with van der Waals surface area (Å²) in [6, 6.07) is 0. The molecule has 0 radical (unpaired) electrons. The fourth-order valence-corrected chi connectivity index (χ4v) is 2.99. The second-order valence-corrected chi connectivity index (χ2v) is 4.49. The van der Waals surface area contributed by atoms with Gasteiger partial charge in [0.25, 0.3) is 0 Å². The van der Waals surface area contributed by atoms with Crippen molar-refractivity contribution < 1.29 is 0 Å². The summed E-state index contributed by atoms with van der Waals surface area (Å²) in [4.78, 5) is 4.37. The van der Waals surface area contributed by atoms with Crippen molar-refractivity contribution in [3.05, 3.63) is 5.82 Å². The molecule has 0 saturated heterocycles. The van der Waals surface area contributed by atoms with Crippen molar-refractivity contribution >= 4 is 5.95 Å². The van der Waals surface area contributed by atoms with E-state index >= 15 is 0 Å². The number of anilines is 1. The molecule has 3 rings (SSSR count). The maximum Gasteiger partial charge on any atom is 0.239 e. The Morgan fingerprint density at radius 3 is 3.00 bits per heavy atom. The zero-order chi connectivity index (χ0) is 9.54. The third-order valence-electron chi connectivity index (χ3n) is 3.67. The van der Waals surface area contributed by atoms with E-state index in [1.54, 1.807) is 0 Å². The Kier molecular flexibility index (Phi) is 1.75. The van der Waals surface area contributed by atoms with E-state index in [4.69, 9.17) is 5.73 Å². The lowest BCUT2D eigenvalue weighted by molar-refractivity contribution is 0.228. The van der Waals surface area contributed by atoms with Crippen molar-refractivity contribution in [3.8, 4) is 0 Å². The number of aryl methyl sites for hydroxylation is 1. The Morgan fingerprint density at radius 1 is 1.21 bits per heavy atom. The second kappa shape index (κ2) is 2.97. The molecule has 4 heteroatoms. The lowest BCUT2D eigenvalue weighted by atomic mass is 9.75. The number of fused-ring (bicyclic) bond motifs is 3. The van der Waals surface area contributed by atoms with Crippen molar-refractivity contribution in [1.29, 1.82) is 0 Å². The van der Waals surface area contributed by atoms with Gasteiger partial charge in [0.15, 0.2) is 0 Å². The van der Waals surface area contributed by atoms with Gasteiger partial charge in [-0.25, -0.2) is 4.68 Å². The molecule has 14 heavy (non-hydrogen) atoms. The van der Waals surface area contributed by atoms with Crippen LogP contribution in [0.1, 0.15) is 43.8 Å². The number of nitrogens with zero attached hydrogens (tertiary/aromatic N) is 3. The number of hydrogen-bond acceptors (Lipinski definition) is 3. The molecule has 1 aliphatic carbocycles. The molecule has 2 atom stereocenters. The number of aromatic nitrogens is 3. The minimum atomic E-state index is 0.450. The largest absolute Gasteiger partial charge is 0.366 e. The van der Waals surface area contributed by atoms with Crippen LogP contribution in [0.5, 0.6) is 0 Å². The SMILES string of the molecule is Nc1nc2n(n1)CCC1CCCCC21. The van der Waals surface area contributed by atoms with Gasteiger partial charge in [0.1, 0.15) is 5.82 Å². The minimum Gasteiger partial charge on any atom is -0.366 e. The highest BCUT2D eigenvalue weighted by Gasteiger charge is 2.33. The molecular weight excluding hydrogens is 176 g/mol. The molecule has 0 amide bonds. The first-order chi connectivity index (χ1) is 6.84. The summed E-state index contributed by atoms with van der Waals surface area (Å²) in [5.41, 5.74) is 5.64. The molecule has 4 nitrogen and oxygen atoms in total. The van der Waals surface area contributed by atoms with E-state index in [2.05, 4.69) is 10.1 Å². The van der Waals surface area contributed by atoms with Gasteiger partial charge in [-0.3, -0.25) is 0 Å². The number of rotatable bonds is 0. The summed E-state index contributed by atoms with van der Waals surface area (Å²) >= 11 is 0. The Bertz CT molecular complexity index is 344. The molecule has 2 unspecified atom stereocenters. The van der Waals surface area contributed by atoms with Crippen LogP contribution in [-0.4, -0.2) is 14.8 Å². The van der Waals surface area contributed by atoms with Crippen molar-refractivity contribution in [2.75, 3.05) is 5.73 Å². The highest BCUT2D eigenvalue weighted by Crippen LogP contribution is 2.41. The van der Waals surface area contributed by atoms with Gasteiger partial charge < -0.3 is 5.73 Å². The summed E-state index contributed by atoms with van der Waals surface area (Å²) in [6.45, 7) is 1.01. The Hall–Kier alpha value is -1.06. The highest BCUT2D eigenvalue weighted by molar-refractivity contribution is 5.18. The Balaban J connectivity index is 1.98. The van der Waals surface area contributed by atoms with Gasteiger partial charge in [-0.15, -0.1) is 5.10 Å². The standard InChI is InChI=1S/C10H16N4/c11-10-12-9-8-4-2-1-3-7(8)5-6-14(9)13-10/h7-8H,1-6H2,(H2,11,13). The Labute approximate surface area is 83.5 Å². The van der Waals surface area contributed by atoms with E-state index in [0.29, 0.717) is 11.9 Å². The first-order valence-electron chi connectivity index (χ1n) is 5.55. The van der Waals surface area contributed by atoms with Gasteiger partial charge in [-0.05, 0) is 25.2 Å². The van der Waals surface area contributed by atoms with E-state index in [1.165, 1.54) is 32.1 Å². The van der Waals surface area contributed by atoms with Crippen LogP contribution in [0.4, 0.5) is 5.95 Å². The third-order valence-corrected chi connectivity index (χ3v) is 3.67. The van der Waals surface area contributed by atoms with Crippen molar-refractivity contribution in [2.24, 2.45) is 5.92 Å². The molecule has 1 aromatic heterocycles. The van der Waals surface area contributed by atoms with Crippen LogP contribution in [0.15, 0.2) is 0 Å². The number of nitrogen functional groups attached to an aromatic ring is 1. The van der Waals surface area contributed by atoms with Crippen molar-refractivity contribution in [3.63, 3.8) is 0 Å². The molecular formula is C10H16N4. The number of nitrogens with two attached hydrogens (primary N) is 1. The zero-order valence-corrected chi connectivity index (χ0v) is 8.32. The smallest absolute Gasteiger partial charge is 0.239 e. The van der Waals surface area contributed by atoms with Gasteiger partial charge in [-0.2, -0.15) is 4.98 Å². The maximum atomic E-state index is 5.64. The summed E-state index contributed by atoms with van der Waals surface area (Å²) in [7, 11) is 0. The summed E-state index contributed by atoms with van der Waals surface area (Å²) in [5, 5.41) is 4.23. The lowest BCUT2D eigenvalue weighted by Gasteiger charge is -2.34. The summed E-state index contributed by atoms with van der Waals surface area (Å²) in [5.74, 6) is 3.09. The molecule has 0 bridgehead atoms. The lowest BCUT2D eigenvalue weighted by Crippen LogP contribution is -2.28. The molecule has 1 fully saturated rings. The molecule has 0 aromatic carbocycles. The second-order valence-electron chi connectivity index (χ2n) is 4.49. The van der Waals surface area contributed by atoms with E-state index in [1.807, 2.05) is 4.68 Å². The van der Waals surface area contributed by atoms with E-state index in [9.17, 15) is 0 Å². The van der Waals surface area contributed by atoms with Crippen molar-refractivity contribution in [2.45, 2.75) is 44.6 Å². The zero-order valence-electron chi connectivity index (χ0n) is 8.32. The fourth-order valence-electron chi connectivity index (χ4n) is 2.99. The van der Waals surface area contributed by atoms with Crippen LogP contribution in [0, 0.1) is 5.92 Å². The summed E-state index contributed by atoms with van der Waals surface area (Å²) < 4.78 is 2.02. The maximum absolute atomic E-state index is 5.64. The first-order valence-corrected chi connectivity index (χ1v) is 5.55. The van der Waals surface area contributed by atoms with Crippen LogP contribution in [-0.2, 0) is 6.54 Å². The normalized spacial score (nSPS) is 30.9. The fraction of sp³-hybridized carbons (Fsp3) is 0.800. The molecule has 1 saturated carbocycles. The molecule has 2 heterocycles. The Morgan fingerprint density at radius 2 is 2.07 bits per heavy atom. The minimum absolute atomic E-state index is 0.450.